The maximum Gasteiger partial charge on any atom is 0.433 e. The number of halogens is 4. The molecule has 1 atom stereocenters. The summed E-state index contributed by atoms with van der Waals surface area (Å²) < 4.78 is 38.2. The van der Waals surface area contributed by atoms with Gasteiger partial charge in [0.25, 0.3) is 0 Å². The maximum atomic E-state index is 12.7. The Kier molecular flexibility index (Phi) is 4.18. The molecular weight excluding hydrogens is 279 g/mol. The second kappa shape index (κ2) is 5.53. The predicted octanol–water partition coefficient (Wildman–Crippen LogP) is 3.92. The minimum Gasteiger partial charge on any atom is -0.353 e. The van der Waals surface area contributed by atoms with Gasteiger partial charge in [-0.05, 0) is 37.3 Å². The van der Waals surface area contributed by atoms with Crippen molar-refractivity contribution in [2.24, 2.45) is 0 Å². The van der Waals surface area contributed by atoms with Gasteiger partial charge >= 0.3 is 6.18 Å². The number of aromatic nitrogens is 2. The molecule has 1 fully saturated rings. The molecule has 0 N–H and O–H groups in total. The van der Waals surface area contributed by atoms with Crippen molar-refractivity contribution < 1.29 is 13.2 Å². The van der Waals surface area contributed by atoms with Crippen LogP contribution in [-0.4, -0.2) is 22.6 Å². The molecule has 0 aliphatic carbocycles. The zero-order valence-electron chi connectivity index (χ0n) is 10.5. The normalized spacial score (nSPS) is 20.7. The van der Waals surface area contributed by atoms with E-state index in [0.717, 1.165) is 31.7 Å². The van der Waals surface area contributed by atoms with Gasteiger partial charge in [-0.25, -0.2) is 9.97 Å². The predicted molar refractivity (Wildman–Crippen MR) is 67.3 cm³/mol. The van der Waals surface area contributed by atoms with Crippen LogP contribution in [0.1, 0.15) is 38.3 Å². The smallest absolute Gasteiger partial charge is 0.353 e. The van der Waals surface area contributed by atoms with E-state index in [1.807, 2.05) is 11.8 Å². The van der Waals surface area contributed by atoms with E-state index in [1.54, 1.807) is 0 Å². The first kappa shape index (κ1) is 14.4. The number of piperidine rings is 1. The van der Waals surface area contributed by atoms with Crippen LogP contribution in [0, 0.1) is 0 Å². The number of rotatable bonds is 2. The van der Waals surface area contributed by atoms with Crippen LogP contribution in [0.15, 0.2) is 6.07 Å². The molecule has 1 aliphatic rings. The first-order valence-electron chi connectivity index (χ1n) is 6.30. The third kappa shape index (κ3) is 3.29. The summed E-state index contributed by atoms with van der Waals surface area (Å²) >= 11 is 5.62. The summed E-state index contributed by atoms with van der Waals surface area (Å²) in [5.41, 5.74) is -0.983. The fourth-order valence-corrected chi connectivity index (χ4v) is 2.60. The van der Waals surface area contributed by atoms with Crippen LogP contribution < -0.4 is 4.90 Å². The van der Waals surface area contributed by atoms with Crippen molar-refractivity contribution in [2.45, 2.75) is 44.8 Å². The maximum absolute atomic E-state index is 12.7. The molecule has 0 saturated carbocycles. The van der Waals surface area contributed by atoms with E-state index in [0.29, 0.717) is 6.54 Å². The molecule has 2 rings (SSSR count). The highest BCUT2D eigenvalue weighted by Gasteiger charge is 2.34. The lowest BCUT2D eigenvalue weighted by atomic mass is 10.00. The highest BCUT2D eigenvalue weighted by atomic mass is 35.5. The van der Waals surface area contributed by atoms with Crippen LogP contribution in [0.25, 0.3) is 0 Å². The lowest BCUT2D eigenvalue weighted by Crippen LogP contribution is -2.39. The first-order chi connectivity index (χ1) is 8.91. The van der Waals surface area contributed by atoms with E-state index in [1.165, 1.54) is 0 Å². The molecule has 0 spiro atoms. The summed E-state index contributed by atoms with van der Waals surface area (Å²) in [6.45, 7) is 2.74. The van der Waals surface area contributed by atoms with Gasteiger partial charge in [-0.1, -0.05) is 6.92 Å². The topological polar surface area (TPSA) is 29.0 Å². The van der Waals surface area contributed by atoms with Crippen LogP contribution >= 0.6 is 11.6 Å². The second-order valence-electron chi connectivity index (χ2n) is 4.63. The molecule has 0 aromatic carbocycles. The average molecular weight is 294 g/mol. The minimum absolute atomic E-state index is 0.223. The Balaban J connectivity index is 2.35. The number of alkyl halides is 3. The Labute approximate surface area is 114 Å². The van der Waals surface area contributed by atoms with E-state index in [-0.39, 0.29) is 17.1 Å². The molecule has 0 radical (unpaired) electrons. The van der Waals surface area contributed by atoms with Crippen molar-refractivity contribution in [2.75, 3.05) is 11.4 Å². The highest BCUT2D eigenvalue weighted by molar-refractivity contribution is 6.28. The van der Waals surface area contributed by atoms with E-state index in [4.69, 9.17) is 11.6 Å². The van der Waals surface area contributed by atoms with Gasteiger partial charge in [-0.3, -0.25) is 0 Å². The summed E-state index contributed by atoms with van der Waals surface area (Å²) in [6, 6.07) is 1.21. The van der Waals surface area contributed by atoms with E-state index < -0.39 is 11.9 Å². The van der Waals surface area contributed by atoms with Crippen LogP contribution in [0.4, 0.5) is 19.0 Å². The summed E-state index contributed by atoms with van der Waals surface area (Å²) in [4.78, 5) is 9.11. The van der Waals surface area contributed by atoms with Gasteiger partial charge in [0.15, 0.2) is 5.69 Å². The third-order valence-corrected chi connectivity index (χ3v) is 3.54. The molecule has 2 heterocycles. The van der Waals surface area contributed by atoms with Crippen molar-refractivity contribution in [1.82, 2.24) is 9.97 Å². The SMILES string of the molecule is CCC1CCCCN1c1cc(C(F)(F)F)nc(Cl)n1. The fourth-order valence-electron chi connectivity index (χ4n) is 2.42. The summed E-state index contributed by atoms with van der Waals surface area (Å²) in [5.74, 6) is 0.277. The van der Waals surface area contributed by atoms with Gasteiger partial charge in [0.1, 0.15) is 5.82 Å². The van der Waals surface area contributed by atoms with Crippen LogP contribution in [0.3, 0.4) is 0 Å². The van der Waals surface area contributed by atoms with Gasteiger partial charge in [0, 0.05) is 18.7 Å². The summed E-state index contributed by atoms with van der Waals surface area (Å²) in [6.07, 6.45) is -0.597. The highest BCUT2D eigenvalue weighted by Crippen LogP contribution is 2.32. The zero-order chi connectivity index (χ0) is 14.0. The standard InChI is InChI=1S/C12H15ClF3N3/c1-2-8-5-3-4-6-19(8)10-7-9(12(14,15)16)17-11(13)18-10/h7-8H,2-6H2,1H3. The average Bonchev–Trinajstić information content (AvgIpc) is 2.37. The molecule has 1 saturated heterocycles. The van der Waals surface area contributed by atoms with Gasteiger partial charge in [0.05, 0.1) is 0 Å². The van der Waals surface area contributed by atoms with Gasteiger partial charge in [-0.2, -0.15) is 13.2 Å². The Morgan fingerprint density at radius 3 is 2.74 bits per heavy atom. The van der Waals surface area contributed by atoms with Crippen molar-refractivity contribution in [3.63, 3.8) is 0 Å². The lowest BCUT2D eigenvalue weighted by molar-refractivity contribution is -0.141. The summed E-state index contributed by atoms with van der Waals surface area (Å²) in [5, 5.41) is -0.356. The van der Waals surface area contributed by atoms with Crippen LogP contribution in [-0.2, 0) is 6.18 Å². The van der Waals surface area contributed by atoms with Crippen molar-refractivity contribution in [3.05, 3.63) is 17.0 Å². The van der Waals surface area contributed by atoms with E-state index in [9.17, 15) is 13.2 Å². The fraction of sp³-hybridized carbons (Fsp3) is 0.667. The van der Waals surface area contributed by atoms with Crippen LogP contribution in [0.2, 0.25) is 5.28 Å². The Morgan fingerprint density at radius 1 is 1.37 bits per heavy atom. The molecule has 7 heteroatoms. The van der Waals surface area contributed by atoms with Crippen molar-refractivity contribution in [1.29, 1.82) is 0 Å². The number of anilines is 1. The minimum atomic E-state index is -4.50. The zero-order valence-corrected chi connectivity index (χ0v) is 11.3. The Morgan fingerprint density at radius 2 is 2.11 bits per heavy atom. The third-order valence-electron chi connectivity index (χ3n) is 3.37. The van der Waals surface area contributed by atoms with Crippen molar-refractivity contribution in [3.8, 4) is 0 Å². The van der Waals surface area contributed by atoms with E-state index >= 15 is 0 Å². The molecule has 1 unspecified atom stereocenters. The molecule has 3 nitrogen and oxygen atoms in total. The molecule has 106 valence electrons. The second-order valence-corrected chi connectivity index (χ2v) is 4.97. The summed E-state index contributed by atoms with van der Waals surface area (Å²) in [7, 11) is 0. The number of hydrogen-bond acceptors (Lipinski definition) is 3. The molecule has 1 aliphatic heterocycles. The molecule has 0 bridgehead atoms. The molecule has 0 amide bonds. The monoisotopic (exact) mass is 293 g/mol. The van der Waals surface area contributed by atoms with Crippen molar-refractivity contribution >= 4 is 17.4 Å². The molecular formula is C12H15ClF3N3. The number of nitrogens with zero attached hydrogens (tertiary/aromatic N) is 3. The van der Waals surface area contributed by atoms with Gasteiger partial charge in [0.2, 0.25) is 5.28 Å². The van der Waals surface area contributed by atoms with Gasteiger partial charge in [-0.15, -0.1) is 0 Å². The largest absolute Gasteiger partial charge is 0.433 e. The van der Waals surface area contributed by atoms with Gasteiger partial charge < -0.3 is 4.90 Å². The first-order valence-corrected chi connectivity index (χ1v) is 6.68. The quantitative estimate of drug-likeness (QED) is 0.774. The van der Waals surface area contributed by atoms with Crippen LogP contribution in [0.5, 0.6) is 0 Å². The Bertz CT molecular complexity index is 450. The number of hydrogen-bond donors (Lipinski definition) is 0. The molecule has 1 aromatic heterocycles. The molecule has 19 heavy (non-hydrogen) atoms. The molecule has 1 aromatic rings. The lowest BCUT2D eigenvalue weighted by Gasteiger charge is -2.36. The Hall–Kier alpha value is -1.04. The van der Waals surface area contributed by atoms with E-state index in [2.05, 4.69) is 9.97 Å².